The molecule has 0 fully saturated rings. The van der Waals surface area contributed by atoms with Gasteiger partial charge in [0.25, 0.3) is 11.4 Å². The van der Waals surface area contributed by atoms with Crippen molar-refractivity contribution in [1.29, 1.82) is 0 Å². The Bertz CT molecular complexity index is 457. The number of nitro groups is 2. The molecule has 0 N–H and O–H groups in total. The molecule has 1 heterocycles. The SMILES string of the molecule is O=[N+]([O-])c1cc2c(c([N+](=O)[O-])c1)CCO2. The largest absolute Gasteiger partial charge is 0.492 e. The first kappa shape index (κ1) is 9.38. The van der Waals surface area contributed by atoms with Crippen molar-refractivity contribution in [2.24, 2.45) is 0 Å². The number of rotatable bonds is 2. The Morgan fingerprint density at radius 1 is 1.20 bits per heavy atom. The Kier molecular flexibility index (Phi) is 2.00. The van der Waals surface area contributed by atoms with Crippen LogP contribution in [0, 0.1) is 20.2 Å². The Hall–Kier alpha value is -2.18. The number of non-ortho nitro benzene ring substituents is 1. The van der Waals surface area contributed by atoms with Gasteiger partial charge < -0.3 is 4.74 Å². The summed E-state index contributed by atoms with van der Waals surface area (Å²) in [7, 11) is 0. The molecule has 7 nitrogen and oxygen atoms in total. The standard InChI is InChI=1S/C8H6N2O5/c11-9(12)5-3-7(10(13)14)6-1-2-15-8(6)4-5/h3-4H,1-2H2. The molecular formula is C8H6N2O5. The van der Waals surface area contributed by atoms with E-state index in [1.54, 1.807) is 0 Å². The van der Waals surface area contributed by atoms with E-state index < -0.39 is 9.85 Å². The van der Waals surface area contributed by atoms with E-state index in [2.05, 4.69) is 0 Å². The van der Waals surface area contributed by atoms with Crippen molar-refractivity contribution in [2.75, 3.05) is 6.61 Å². The predicted octanol–water partition coefficient (Wildman–Crippen LogP) is 1.44. The molecule has 1 aromatic carbocycles. The Morgan fingerprint density at radius 2 is 1.93 bits per heavy atom. The second-order valence-corrected chi connectivity index (χ2v) is 3.05. The fourth-order valence-electron chi connectivity index (χ4n) is 1.53. The molecule has 0 aromatic heterocycles. The average Bonchev–Trinajstić information content (AvgIpc) is 2.62. The maximum atomic E-state index is 10.7. The maximum Gasteiger partial charge on any atom is 0.283 e. The summed E-state index contributed by atoms with van der Waals surface area (Å²) >= 11 is 0. The van der Waals surface area contributed by atoms with E-state index in [0.717, 1.165) is 6.07 Å². The molecule has 0 atom stereocenters. The number of nitrogens with zero attached hydrogens (tertiary/aromatic N) is 2. The van der Waals surface area contributed by atoms with Crippen LogP contribution in [0.5, 0.6) is 5.75 Å². The van der Waals surface area contributed by atoms with Crippen LogP contribution in [0.15, 0.2) is 12.1 Å². The van der Waals surface area contributed by atoms with Gasteiger partial charge in [0.05, 0.1) is 34.1 Å². The molecule has 1 aromatic rings. The summed E-state index contributed by atoms with van der Waals surface area (Å²) in [6.45, 7) is 0.331. The lowest BCUT2D eigenvalue weighted by molar-refractivity contribution is -0.394. The number of fused-ring (bicyclic) bond motifs is 1. The van der Waals surface area contributed by atoms with E-state index in [0.29, 0.717) is 18.6 Å². The molecule has 0 radical (unpaired) electrons. The van der Waals surface area contributed by atoms with E-state index in [-0.39, 0.29) is 17.1 Å². The minimum atomic E-state index is -0.672. The summed E-state index contributed by atoms with van der Waals surface area (Å²) in [5, 5.41) is 21.2. The fourth-order valence-corrected chi connectivity index (χ4v) is 1.53. The van der Waals surface area contributed by atoms with Crippen molar-refractivity contribution in [2.45, 2.75) is 6.42 Å². The lowest BCUT2D eigenvalue weighted by Crippen LogP contribution is -1.96. The highest BCUT2D eigenvalue weighted by Crippen LogP contribution is 2.37. The van der Waals surface area contributed by atoms with Gasteiger partial charge in [0.1, 0.15) is 5.75 Å². The molecule has 78 valence electrons. The predicted molar refractivity (Wildman–Crippen MR) is 48.9 cm³/mol. The summed E-state index contributed by atoms with van der Waals surface area (Å²) in [5.41, 5.74) is -0.121. The van der Waals surface area contributed by atoms with E-state index >= 15 is 0 Å². The zero-order valence-electron chi connectivity index (χ0n) is 7.50. The topological polar surface area (TPSA) is 95.5 Å². The van der Waals surface area contributed by atoms with Crippen molar-refractivity contribution < 1.29 is 14.6 Å². The van der Waals surface area contributed by atoms with E-state index in [1.807, 2.05) is 0 Å². The molecule has 0 amide bonds. The van der Waals surface area contributed by atoms with E-state index in [4.69, 9.17) is 4.74 Å². The Morgan fingerprint density at radius 3 is 2.53 bits per heavy atom. The third-order valence-electron chi connectivity index (χ3n) is 2.19. The highest BCUT2D eigenvalue weighted by atomic mass is 16.6. The van der Waals surface area contributed by atoms with Crippen molar-refractivity contribution >= 4 is 11.4 Å². The smallest absolute Gasteiger partial charge is 0.283 e. The van der Waals surface area contributed by atoms with Crippen LogP contribution in [-0.2, 0) is 6.42 Å². The minimum Gasteiger partial charge on any atom is -0.492 e. The number of hydrogen-bond donors (Lipinski definition) is 0. The van der Waals surface area contributed by atoms with Crippen molar-refractivity contribution in [3.8, 4) is 5.75 Å². The van der Waals surface area contributed by atoms with Crippen molar-refractivity contribution in [3.63, 3.8) is 0 Å². The van der Waals surface area contributed by atoms with Crippen LogP contribution < -0.4 is 4.74 Å². The third-order valence-corrected chi connectivity index (χ3v) is 2.19. The highest BCUT2D eigenvalue weighted by Gasteiger charge is 2.27. The normalized spacial score (nSPS) is 13.1. The van der Waals surface area contributed by atoms with Crippen LogP contribution in [0.2, 0.25) is 0 Å². The maximum absolute atomic E-state index is 10.7. The second kappa shape index (κ2) is 3.19. The van der Waals surface area contributed by atoms with Crippen LogP contribution >= 0.6 is 0 Å². The minimum absolute atomic E-state index is 0.239. The fraction of sp³-hybridized carbons (Fsp3) is 0.250. The average molecular weight is 210 g/mol. The zero-order chi connectivity index (χ0) is 11.0. The first-order valence-electron chi connectivity index (χ1n) is 4.18. The molecule has 0 aliphatic carbocycles. The van der Waals surface area contributed by atoms with Gasteiger partial charge >= 0.3 is 0 Å². The molecule has 0 saturated carbocycles. The molecule has 2 rings (SSSR count). The molecule has 1 aliphatic heterocycles. The van der Waals surface area contributed by atoms with E-state index in [1.165, 1.54) is 6.07 Å². The molecule has 15 heavy (non-hydrogen) atoms. The van der Waals surface area contributed by atoms with Gasteiger partial charge in [0.2, 0.25) is 0 Å². The monoisotopic (exact) mass is 210 g/mol. The first-order chi connectivity index (χ1) is 7.09. The first-order valence-corrected chi connectivity index (χ1v) is 4.18. The zero-order valence-corrected chi connectivity index (χ0v) is 7.50. The Labute approximate surface area is 83.6 Å². The number of nitro benzene ring substituents is 2. The number of benzene rings is 1. The van der Waals surface area contributed by atoms with Gasteiger partial charge in [0, 0.05) is 6.42 Å². The number of hydrogen-bond acceptors (Lipinski definition) is 5. The van der Waals surface area contributed by atoms with Crippen LogP contribution in [-0.4, -0.2) is 16.5 Å². The summed E-state index contributed by atoms with van der Waals surface area (Å²) in [5.74, 6) is 0.246. The van der Waals surface area contributed by atoms with Gasteiger partial charge in [0.15, 0.2) is 0 Å². The molecule has 0 spiro atoms. The van der Waals surface area contributed by atoms with Crippen molar-refractivity contribution in [3.05, 3.63) is 37.9 Å². The summed E-state index contributed by atoms with van der Waals surface area (Å²) < 4.78 is 5.07. The van der Waals surface area contributed by atoms with Gasteiger partial charge in [-0.3, -0.25) is 20.2 Å². The second-order valence-electron chi connectivity index (χ2n) is 3.05. The van der Waals surface area contributed by atoms with Gasteiger partial charge in [-0.25, -0.2) is 0 Å². The van der Waals surface area contributed by atoms with Crippen LogP contribution in [0.3, 0.4) is 0 Å². The number of ether oxygens (including phenoxy) is 1. The third kappa shape index (κ3) is 1.47. The van der Waals surface area contributed by atoms with Gasteiger partial charge in [-0.1, -0.05) is 0 Å². The summed E-state index contributed by atoms with van der Waals surface area (Å²) in [6.07, 6.45) is 0.420. The lowest BCUT2D eigenvalue weighted by Gasteiger charge is -1.99. The molecule has 0 saturated heterocycles. The Balaban J connectivity index is 2.62. The van der Waals surface area contributed by atoms with Gasteiger partial charge in [-0.2, -0.15) is 0 Å². The van der Waals surface area contributed by atoms with Crippen molar-refractivity contribution in [1.82, 2.24) is 0 Å². The lowest BCUT2D eigenvalue weighted by atomic mass is 10.1. The summed E-state index contributed by atoms with van der Waals surface area (Å²) in [4.78, 5) is 19.9. The van der Waals surface area contributed by atoms with Crippen LogP contribution in [0.4, 0.5) is 11.4 Å². The van der Waals surface area contributed by atoms with Gasteiger partial charge in [-0.05, 0) is 0 Å². The highest BCUT2D eigenvalue weighted by molar-refractivity contribution is 5.58. The van der Waals surface area contributed by atoms with Gasteiger partial charge in [-0.15, -0.1) is 0 Å². The molecule has 1 aliphatic rings. The van der Waals surface area contributed by atoms with Crippen LogP contribution in [0.1, 0.15) is 5.56 Å². The summed E-state index contributed by atoms with van der Waals surface area (Å²) in [6, 6.07) is 2.18. The molecule has 0 unspecified atom stereocenters. The molecular weight excluding hydrogens is 204 g/mol. The van der Waals surface area contributed by atoms with E-state index in [9.17, 15) is 20.2 Å². The van der Waals surface area contributed by atoms with Crippen LogP contribution in [0.25, 0.3) is 0 Å². The molecule has 7 heteroatoms. The quantitative estimate of drug-likeness (QED) is 0.543. The molecule has 0 bridgehead atoms.